The SMILES string of the molecule is CNCC(=O)c1c(OC)cc2c(c1C)CCCC2. The van der Waals surface area contributed by atoms with Gasteiger partial charge < -0.3 is 10.1 Å². The van der Waals surface area contributed by atoms with Crippen LogP contribution < -0.4 is 10.1 Å². The molecule has 98 valence electrons. The van der Waals surface area contributed by atoms with Crippen LogP contribution in [0.15, 0.2) is 6.07 Å². The van der Waals surface area contributed by atoms with Gasteiger partial charge >= 0.3 is 0 Å². The topological polar surface area (TPSA) is 38.3 Å². The highest BCUT2D eigenvalue weighted by molar-refractivity contribution is 6.02. The number of benzene rings is 1. The highest BCUT2D eigenvalue weighted by Gasteiger charge is 2.21. The third-order valence-electron chi connectivity index (χ3n) is 3.73. The standard InChI is InChI=1S/C15H21NO2/c1-10-12-7-5-4-6-11(12)8-14(18-3)15(10)13(17)9-16-2/h8,16H,4-7,9H2,1-3H3. The second-order valence-corrected chi connectivity index (χ2v) is 4.88. The summed E-state index contributed by atoms with van der Waals surface area (Å²) in [5.41, 5.74) is 4.59. The van der Waals surface area contributed by atoms with Crippen LogP contribution in [0.4, 0.5) is 0 Å². The van der Waals surface area contributed by atoms with Crippen molar-refractivity contribution in [2.24, 2.45) is 0 Å². The lowest BCUT2D eigenvalue weighted by Crippen LogP contribution is -2.21. The summed E-state index contributed by atoms with van der Waals surface area (Å²) in [5, 5.41) is 2.92. The predicted octanol–water partition coefficient (Wildman–Crippen LogP) is 2.28. The van der Waals surface area contributed by atoms with Crippen molar-refractivity contribution in [3.05, 3.63) is 28.3 Å². The number of ether oxygens (including phenoxy) is 1. The lowest BCUT2D eigenvalue weighted by Gasteiger charge is -2.22. The summed E-state index contributed by atoms with van der Waals surface area (Å²) in [5.74, 6) is 0.841. The third kappa shape index (κ3) is 2.27. The first-order valence-electron chi connectivity index (χ1n) is 6.56. The molecule has 0 bridgehead atoms. The summed E-state index contributed by atoms with van der Waals surface area (Å²) in [4.78, 5) is 12.2. The van der Waals surface area contributed by atoms with Gasteiger partial charge in [-0.15, -0.1) is 0 Å². The molecule has 1 aromatic carbocycles. The van der Waals surface area contributed by atoms with Crippen molar-refractivity contribution in [1.29, 1.82) is 0 Å². The molecule has 0 fully saturated rings. The Morgan fingerprint density at radius 3 is 2.78 bits per heavy atom. The van der Waals surface area contributed by atoms with Crippen LogP contribution >= 0.6 is 0 Å². The number of hydrogen-bond donors (Lipinski definition) is 1. The number of hydrogen-bond acceptors (Lipinski definition) is 3. The number of fused-ring (bicyclic) bond motifs is 1. The Balaban J connectivity index is 2.53. The van der Waals surface area contributed by atoms with Gasteiger partial charge in [-0.1, -0.05) is 0 Å². The fourth-order valence-electron chi connectivity index (χ4n) is 2.84. The van der Waals surface area contributed by atoms with Crippen molar-refractivity contribution in [3.63, 3.8) is 0 Å². The molecule has 3 heteroatoms. The molecule has 1 N–H and O–H groups in total. The van der Waals surface area contributed by atoms with Crippen LogP contribution in [0.2, 0.25) is 0 Å². The Labute approximate surface area is 109 Å². The van der Waals surface area contributed by atoms with E-state index >= 15 is 0 Å². The summed E-state index contributed by atoms with van der Waals surface area (Å²) in [6.07, 6.45) is 4.65. The molecular weight excluding hydrogens is 226 g/mol. The average molecular weight is 247 g/mol. The number of aryl methyl sites for hydroxylation is 1. The number of rotatable bonds is 4. The average Bonchev–Trinajstić information content (AvgIpc) is 2.38. The minimum atomic E-state index is 0.111. The largest absolute Gasteiger partial charge is 0.496 e. The Hall–Kier alpha value is -1.35. The Kier molecular flexibility index (Phi) is 4.02. The van der Waals surface area contributed by atoms with Crippen LogP contribution in [0.5, 0.6) is 5.75 Å². The molecular formula is C15H21NO2. The minimum absolute atomic E-state index is 0.111. The van der Waals surface area contributed by atoms with Gasteiger partial charge in [-0.05, 0) is 62.4 Å². The summed E-state index contributed by atoms with van der Waals surface area (Å²) >= 11 is 0. The van der Waals surface area contributed by atoms with Gasteiger partial charge in [0.05, 0.1) is 19.2 Å². The van der Waals surface area contributed by atoms with Gasteiger partial charge in [-0.25, -0.2) is 0 Å². The molecule has 0 spiro atoms. The van der Waals surface area contributed by atoms with Crippen LogP contribution in [0.1, 0.15) is 39.9 Å². The lowest BCUT2D eigenvalue weighted by molar-refractivity contribution is 0.0990. The van der Waals surface area contributed by atoms with Gasteiger partial charge in [0.1, 0.15) is 5.75 Å². The number of nitrogens with one attached hydrogen (secondary N) is 1. The van der Waals surface area contributed by atoms with Gasteiger partial charge in [0.2, 0.25) is 0 Å². The fourth-order valence-corrected chi connectivity index (χ4v) is 2.84. The highest BCUT2D eigenvalue weighted by atomic mass is 16.5. The summed E-state index contributed by atoms with van der Waals surface area (Å²) < 4.78 is 5.41. The van der Waals surface area contributed by atoms with Crippen LogP contribution in [0.3, 0.4) is 0 Å². The quantitative estimate of drug-likeness (QED) is 0.830. The first-order valence-corrected chi connectivity index (χ1v) is 6.56. The van der Waals surface area contributed by atoms with Gasteiger partial charge in [-0.3, -0.25) is 4.79 Å². The van der Waals surface area contributed by atoms with Crippen molar-refractivity contribution in [2.75, 3.05) is 20.7 Å². The molecule has 0 aliphatic heterocycles. The summed E-state index contributed by atoms with van der Waals surface area (Å²) in [6.45, 7) is 2.41. The molecule has 2 rings (SSSR count). The smallest absolute Gasteiger partial charge is 0.180 e. The number of carbonyl (C=O) groups is 1. The molecule has 18 heavy (non-hydrogen) atoms. The number of likely N-dealkylation sites (N-methyl/N-ethyl adjacent to an activating group) is 1. The number of methoxy groups -OCH3 is 1. The monoisotopic (exact) mass is 247 g/mol. The highest BCUT2D eigenvalue weighted by Crippen LogP contribution is 2.33. The molecule has 0 saturated heterocycles. The molecule has 0 saturated carbocycles. The molecule has 0 amide bonds. The molecule has 0 unspecified atom stereocenters. The predicted molar refractivity (Wildman–Crippen MR) is 72.6 cm³/mol. The maximum atomic E-state index is 12.2. The molecule has 3 nitrogen and oxygen atoms in total. The third-order valence-corrected chi connectivity index (χ3v) is 3.73. The lowest BCUT2D eigenvalue weighted by atomic mass is 9.85. The maximum absolute atomic E-state index is 12.2. The molecule has 0 aromatic heterocycles. The van der Waals surface area contributed by atoms with E-state index in [2.05, 4.69) is 18.3 Å². The van der Waals surface area contributed by atoms with Crippen LogP contribution in [-0.4, -0.2) is 26.5 Å². The number of carbonyl (C=O) groups excluding carboxylic acids is 1. The van der Waals surface area contributed by atoms with Crippen molar-refractivity contribution in [2.45, 2.75) is 32.6 Å². The van der Waals surface area contributed by atoms with E-state index in [0.717, 1.165) is 29.7 Å². The molecule has 1 aliphatic carbocycles. The normalized spacial score (nSPS) is 14.2. The van der Waals surface area contributed by atoms with E-state index in [0.29, 0.717) is 6.54 Å². The van der Waals surface area contributed by atoms with E-state index in [1.54, 1.807) is 14.2 Å². The molecule has 1 aliphatic rings. The number of ketones is 1. The zero-order chi connectivity index (χ0) is 13.1. The molecule has 0 atom stereocenters. The van der Waals surface area contributed by atoms with E-state index in [4.69, 9.17) is 4.74 Å². The summed E-state index contributed by atoms with van der Waals surface area (Å²) in [6, 6.07) is 2.06. The fraction of sp³-hybridized carbons (Fsp3) is 0.533. The van der Waals surface area contributed by atoms with Crippen LogP contribution in [-0.2, 0) is 12.8 Å². The first kappa shape index (κ1) is 13.1. The second kappa shape index (κ2) is 5.53. The summed E-state index contributed by atoms with van der Waals surface area (Å²) in [7, 11) is 3.43. The van der Waals surface area contributed by atoms with E-state index in [-0.39, 0.29) is 5.78 Å². The van der Waals surface area contributed by atoms with E-state index in [9.17, 15) is 4.79 Å². The molecule has 1 aromatic rings. The van der Waals surface area contributed by atoms with Gasteiger partial charge in [-0.2, -0.15) is 0 Å². The van der Waals surface area contributed by atoms with E-state index in [1.165, 1.54) is 24.0 Å². The zero-order valence-electron chi connectivity index (χ0n) is 11.4. The van der Waals surface area contributed by atoms with E-state index < -0.39 is 0 Å². The van der Waals surface area contributed by atoms with Crippen molar-refractivity contribution >= 4 is 5.78 Å². The minimum Gasteiger partial charge on any atom is -0.496 e. The van der Waals surface area contributed by atoms with Crippen molar-refractivity contribution < 1.29 is 9.53 Å². The first-order chi connectivity index (χ1) is 8.69. The van der Waals surface area contributed by atoms with Crippen molar-refractivity contribution in [3.8, 4) is 5.75 Å². The van der Waals surface area contributed by atoms with Crippen LogP contribution in [0, 0.1) is 6.92 Å². The number of Topliss-reactive ketones (excluding diaryl/α,β-unsaturated/α-hetero) is 1. The molecule has 0 radical (unpaired) electrons. The van der Waals surface area contributed by atoms with Crippen molar-refractivity contribution in [1.82, 2.24) is 5.32 Å². The second-order valence-electron chi connectivity index (χ2n) is 4.88. The molecule has 0 heterocycles. The van der Waals surface area contributed by atoms with E-state index in [1.807, 2.05) is 0 Å². The Morgan fingerprint density at radius 1 is 1.39 bits per heavy atom. The van der Waals surface area contributed by atoms with Crippen LogP contribution in [0.25, 0.3) is 0 Å². The van der Waals surface area contributed by atoms with Gasteiger partial charge in [0, 0.05) is 0 Å². The Bertz CT molecular complexity index is 466. The van der Waals surface area contributed by atoms with Gasteiger partial charge in [0.25, 0.3) is 0 Å². The Morgan fingerprint density at radius 2 is 2.11 bits per heavy atom. The van der Waals surface area contributed by atoms with Gasteiger partial charge in [0.15, 0.2) is 5.78 Å². The maximum Gasteiger partial charge on any atom is 0.180 e. The zero-order valence-corrected chi connectivity index (χ0v) is 11.4.